The monoisotopic (exact) mass is 240 g/mol. The molecule has 1 fully saturated rings. The number of hydrogen-bond donors (Lipinski definition) is 1. The van der Waals surface area contributed by atoms with Crippen molar-refractivity contribution in [1.29, 1.82) is 0 Å². The third kappa shape index (κ3) is 7.05. The van der Waals surface area contributed by atoms with Gasteiger partial charge in [0, 0.05) is 12.1 Å². The molecular weight excluding hydrogens is 208 g/mol. The van der Waals surface area contributed by atoms with Crippen molar-refractivity contribution in [1.82, 2.24) is 10.2 Å². The van der Waals surface area contributed by atoms with E-state index in [1.54, 1.807) is 0 Å². The number of rotatable bonds is 8. The zero-order valence-corrected chi connectivity index (χ0v) is 12.4. The van der Waals surface area contributed by atoms with E-state index < -0.39 is 0 Å². The lowest BCUT2D eigenvalue weighted by Crippen LogP contribution is -2.37. The largest absolute Gasteiger partial charge is 0.312 e. The van der Waals surface area contributed by atoms with Crippen molar-refractivity contribution >= 4 is 0 Å². The van der Waals surface area contributed by atoms with Crippen LogP contribution in [0.15, 0.2) is 0 Å². The molecule has 0 unspecified atom stereocenters. The minimum atomic E-state index is 0.274. The second-order valence-corrected chi connectivity index (χ2v) is 6.57. The van der Waals surface area contributed by atoms with Gasteiger partial charge in [0.05, 0.1) is 0 Å². The molecule has 0 radical (unpaired) electrons. The van der Waals surface area contributed by atoms with Crippen LogP contribution in [0, 0.1) is 5.92 Å². The van der Waals surface area contributed by atoms with Crippen molar-refractivity contribution in [2.24, 2.45) is 5.92 Å². The van der Waals surface area contributed by atoms with Gasteiger partial charge < -0.3 is 10.2 Å². The van der Waals surface area contributed by atoms with Crippen molar-refractivity contribution in [2.45, 2.75) is 65.3 Å². The summed E-state index contributed by atoms with van der Waals surface area (Å²) in [6.45, 7) is 14.0. The highest BCUT2D eigenvalue weighted by atomic mass is 15.1. The predicted molar refractivity (Wildman–Crippen MR) is 76.4 cm³/mol. The van der Waals surface area contributed by atoms with Gasteiger partial charge in [-0.15, -0.1) is 0 Å². The molecule has 2 nitrogen and oxygen atoms in total. The average Bonchev–Trinajstić information content (AvgIpc) is 2.17. The summed E-state index contributed by atoms with van der Waals surface area (Å²) in [4.78, 5) is 2.64. The van der Waals surface area contributed by atoms with Gasteiger partial charge in [0.15, 0.2) is 0 Å². The predicted octanol–water partition coefficient (Wildman–Crippen LogP) is 3.28. The quantitative estimate of drug-likeness (QED) is 0.655. The Hall–Kier alpha value is -0.0800. The molecule has 0 aliphatic heterocycles. The van der Waals surface area contributed by atoms with E-state index in [9.17, 15) is 0 Å². The van der Waals surface area contributed by atoms with Crippen LogP contribution < -0.4 is 5.32 Å². The lowest BCUT2D eigenvalue weighted by molar-refractivity contribution is 0.181. The van der Waals surface area contributed by atoms with E-state index in [-0.39, 0.29) is 5.54 Å². The van der Waals surface area contributed by atoms with Gasteiger partial charge in [-0.1, -0.05) is 13.3 Å². The molecule has 0 atom stereocenters. The van der Waals surface area contributed by atoms with Gasteiger partial charge in [0.2, 0.25) is 0 Å². The molecule has 1 aliphatic rings. The topological polar surface area (TPSA) is 15.3 Å². The minimum absolute atomic E-state index is 0.274. The molecule has 17 heavy (non-hydrogen) atoms. The Labute approximate surface area is 108 Å². The van der Waals surface area contributed by atoms with Crippen LogP contribution in [0.25, 0.3) is 0 Å². The number of nitrogens with one attached hydrogen (secondary N) is 1. The molecule has 1 aliphatic carbocycles. The van der Waals surface area contributed by atoms with Crippen LogP contribution in [0.2, 0.25) is 0 Å². The highest BCUT2D eigenvalue weighted by Gasteiger charge is 2.19. The molecule has 0 aromatic carbocycles. The van der Waals surface area contributed by atoms with Crippen LogP contribution >= 0.6 is 0 Å². The van der Waals surface area contributed by atoms with E-state index >= 15 is 0 Å². The highest BCUT2D eigenvalue weighted by Crippen LogP contribution is 2.27. The second kappa shape index (κ2) is 7.38. The molecule has 0 heterocycles. The molecule has 0 spiro atoms. The zero-order chi connectivity index (χ0) is 12.7. The smallest absolute Gasteiger partial charge is 0.00965 e. The number of unbranched alkanes of at least 4 members (excludes halogenated alkanes) is 1. The van der Waals surface area contributed by atoms with E-state index in [0.717, 1.165) is 12.5 Å². The van der Waals surface area contributed by atoms with Crippen LogP contribution in [-0.2, 0) is 0 Å². The van der Waals surface area contributed by atoms with E-state index in [1.165, 1.54) is 51.7 Å². The zero-order valence-electron chi connectivity index (χ0n) is 12.4. The molecule has 0 bridgehead atoms. The first kappa shape index (κ1) is 15.0. The number of hydrogen-bond acceptors (Lipinski definition) is 2. The van der Waals surface area contributed by atoms with Gasteiger partial charge in [-0.25, -0.2) is 0 Å². The fraction of sp³-hybridized carbons (Fsp3) is 1.00. The van der Waals surface area contributed by atoms with Gasteiger partial charge in [0.25, 0.3) is 0 Å². The summed E-state index contributed by atoms with van der Waals surface area (Å²) < 4.78 is 0. The maximum atomic E-state index is 3.56. The molecular formula is C15H32N2. The van der Waals surface area contributed by atoms with Gasteiger partial charge in [0.1, 0.15) is 0 Å². The lowest BCUT2D eigenvalue weighted by atomic mass is 9.85. The third-order valence-electron chi connectivity index (χ3n) is 3.74. The first-order valence-electron chi connectivity index (χ1n) is 7.48. The summed E-state index contributed by atoms with van der Waals surface area (Å²) in [5.74, 6) is 1.02. The molecule has 1 rings (SSSR count). The summed E-state index contributed by atoms with van der Waals surface area (Å²) in [6.07, 6.45) is 7.06. The maximum absolute atomic E-state index is 3.56. The normalized spacial score (nSPS) is 17.5. The minimum Gasteiger partial charge on any atom is -0.312 e. The maximum Gasteiger partial charge on any atom is 0.00965 e. The van der Waals surface area contributed by atoms with Crippen LogP contribution in [-0.4, -0.2) is 36.6 Å². The first-order valence-corrected chi connectivity index (χ1v) is 7.48. The molecule has 0 aromatic rings. The molecule has 0 aromatic heterocycles. The Morgan fingerprint density at radius 2 is 1.88 bits per heavy atom. The Balaban J connectivity index is 1.99. The summed E-state index contributed by atoms with van der Waals surface area (Å²) in [6, 6.07) is 0. The fourth-order valence-corrected chi connectivity index (χ4v) is 2.34. The van der Waals surface area contributed by atoms with Crippen molar-refractivity contribution in [3.63, 3.8) is 0 Å². The first-order chi connectivity index (χ1) is 8.01. The SMILES string of the molecule is CCN(CCCCNC(C)(C)C)CC1CCC1. The van der Waals surface area contributed by atoms with Crippen LogP contribution in [0.5, 0.6) is 0 Å². The standard InChI is InChI=1S/C15H32N2/c1-5-17(13-14-9-8-10-14)12-7-6-11-16-15(2,3)4/h14,16H,5-13H2,1-4H3. The average molecular weight is 240 g/mol. The van der Waals surface area contributed by atoms with Crippen LogP contribution in [0.3, 0.4) is 0 Å². The molecule has 0 saturated heterocycles. The highest BCUT2D eigenvalue weighted by molar-refractivity contribution is 4.74. The van der Waals surface area contributed by atoms with Gasteiger partial charge in [-0.3, -0.25) is 0 Å². The van der Waals surface area contributed by atoms with E-state index in [1.807, 2.05) is 0 Å². The van der Waals surface area contributed by atoms with Crippen molar-refractivity contribution in [3.8, 4) is 0 Å². The summed E-state index contributed by atoms with van der Waals surface area (Å²) in [7, 11) is 0. The lowest BCUT2D eigenvalue weighted by Gasteiger charge is -2.31. The fourth-order valence-electron chi connectivity index (χ4n) is 2.34. The summed E-state index contributed by atoms with van der Waals surface area (Å²) in [5.41, 5.74) is 0.274. The van der Waals surface area contributed by atoms with Gasteiger partial charge in [-0.05, 0) is 72.0 Å². The van der Waals surface area contributed by atoms with Crippen molar-refractivity contribution in [2.75, 3.05) is 26.2 Å². The van der Waals surface area contributed by atoms with E-state index in [2.05, 4.69) is 37.9 Å². The molecule has 102 valence electrons. The third-order valence-corrected chi connectivity index (χ3v) is 3.74. The summed E-state index contributed by atoms with van der Waals surface area (Å²) >= 11 is 0. The molecule has 1 N–H and O–H groups in total. The number of nitrogens with zero attached hydrogens (tertiary/aromatic N) is 1. The molecule has 0 amide bonds. The molecule has 1 saturated carbocycles. The van der Waals surface area contributed by atoms with Crippen LogP contribution in [0.4, 0.5) is 0 Å². The Kier molecular flexibility index (Phi) is 6.50. The van der Waals surface area contributed by atoms with E-state index in [4.69, 9.17) is 0 Å². The Bertz CT molecular complexity index is 192. The van der Waals surface area contributed by atoms with Crippen LogP contribution in [0.1, 0.15) is 59.8 Å². The van der Waals surface area contributed by atoms with Crippen molar-refractivity contribution < 1.29 is 0 Å². The summed E-state index contributed by atoms with van der Waals surface area (Å²) in [5, 5.41) is 3.56. The Morgan fingerprint density at radius 1 is 1.18 bits per heavy atom. The van der Waals surface area contributed by atoms with Gasteiger partial charge in [-0.2, -0.15) is 0 Å². The van der Waals surface area contributed by atoms with Gasteiger partial charge >= 0.3 is 0 Å². The Morgan fingerprint density at radius 3 is 2.35 bits per heavy atom. The molecule has 2 heteroatoms. The second-order valence-electron chi connectivity index (χ2n) is 6.57. The van der Waals surface area contributed by atoms with Crippen molar-refractivity contribution in [3.05, 3.63) is 0 Å². The van der Waals surface area contributed by atoms with E-state index in [0.29, 0.717) is 0 Å².